The number of ether oxygens (including phenoxy) is 1. The van der Waals surface area contributed by atoms with E-state index in [0.29, 0.717) is 0 Å². The van der Waals surface area contributed by atoms with Gasteiger partial charge in [-0.1, -0.05) is 91.0 Å². The lowest BCUT2D eigenvalue weighted by atomic mass is 9.93. The fourth-order valence-electron chi connectivity index (χ4n) is 4.86. The Hall–Kier alpha value is -2.46. The van der Waals surface area contributed by atoms with E-state index >= 15 is 0 Å². The summed E-state index contributed by atoms with van der Waals surface area (Å²) in [6.45, 7) is 4.90. The second-order valence-corrected chi connectivity index (χ2v) is 8.25. The first kappa shape index (κ1) is 18.6. The lowest BCUT2D eigenvalue weighted by Gasteiger charge is -2.51. The quantitative estimate of drug-likeness (QED) is 0.644. The molecule has 2 aliphatic heterocycles. The lowest BCUT2D eigenvalue weighted by molar-refractivity contribution is -0.171. The minimum Gasteiger partial charge on any atom is -0.369 e. The van der Waals surface area contributed by atoms with Crippen molar-refractivity contribution in [1.82, 2.24) is 9.80 Å². The van der Waals surface area contributed by atoms with E-state index in [1.807, 2.05) is 0 Å². The van der Waals surface area contributed by atoms with Gasteiger partial charge in [-0.3, -0.25) is 9.80 Å². The van der Waals surface area contributed by atoms with Crippen LogP contribution >= 0.6 is 0 Å². The molecule has 2 bridgehead atoms. The molecule has 3 aromatic rings. The smallest absolute Gasteiger partial charge is 0.0903 e. The number of rotatable bonds is 5. The monoisotopic (exact) mass is 384 g/mol. The highest BCUT2D eigenvalue weighted by Gasteiger charge is 2.42. The first-order chi connectivity index (χ1) is 14.3. The molecule has 5 rings (SSSR count). The summed E-state index contributed by atoms with van der Waals surface area (Å²) in [6.07, 6.45) is 0.457. The van der Waals surface area contributed by atoms with Crippen LogP contribution < -0.4 is 0 Å². The van der Waals surface area contributed by atoms with Crippen molar-refractivity contribution in [2.24, 2.45) is 0 Å². The fourth-order valence-corrected chi connectivity index (χ4v) is 4.86. The summed E-state index contributed by atoms with van der Waals surface area (Å²) < 4.78 is 6.54. The van der Waals surface area contributed by atoms with Crippen molar-refractivity contribution in [3.8, 4) is 0 Å². The molecule has 3 atom stereocenters. The van der Waals surface area contributed by atoms with Crippen LogP contribution in [-0.2, 0) is 17.8 Å². The molecule has 1 unspecified atom stereocenters. The highest BCUT2D eigenvalue weighted by Crippen LogP contribution is 2.36. The van der Waals surface area contributed by atoms with Crippen LogP contribution in [0.1, 0.15) is 22.7 Å². The minimum atomic E-state index is 0.192. The van der Waals surface area contributed by atoms with Crippen LogP contribution in [0.4, 0.5) is 0 Å². The van der Waals surface area contributed by atoms with Crippen molar-refractivity contribution in [3.05, 3.63) is 108 Å². The van der Waals surface area contributed by atoms with Crippen molar-refractivity contribution < 1.29 is 4.74 Å². The summed E-state index contributed by atoms with van der Waals surface area (Å²) in [7, 11) is 0. The largest absolute Gasteiger partial charge is 0.369 e. The van der Waals surface area contributed by atoms with E-state index in [2.05, 4.69) is 101 Å². The zero-order valence-corrected chi connectivity index (χ0v) is 16.7. The summed E-state index contributed by atoms with van der Waals surface area (Å²) in [4.78, 5) is 5.20. The Morgan fingerprint density at radius 1 is 0.655 bits per heavy atom. The minimum absolute atomic E-state index is 0.192. The Labute approximate surface area is 173 Å². The molecular weight excluding hydrogens is 356 g/mol. The first-order valence-corrected chi connectivity index (χ1v) is 10.6. The summed E-state index contributed by atoms with van der Waals surface area (Å²) in [6, 6.07) is 32.8. The third-order valence-electron chi connectivity index (χ3n) is 6.07. The molecule has 2 fully saturated rings. The topological polar surface area (TPSA) is 15.7 Å². The van der Waals surface area contributed by atoms with Crippen molar-refractivity contribution in [2.45, 2.75) is 31.3 Å². The maximum Gasteiger partial charge on any atom is 0.0903 e. The van der Waals surface area contributed by atoms with E-state index in [1.54, 1.807) is 0 Å². The van der Waals surface area contributed by atoms with Gasteiger partial charge in [-0.25, -0.2) is 0 Å². The molecule has 0 saturated carbocycles. The molecule has 2 saturated heterocycles. The SMILES string of the molecule is c1ccc(CN2CC3CN(Cc4ccccc4)[C@@H](c4ccccc4)[C@H](C2)O3)cc1. The van der Waals surface area contributed by atoms with Crippen molar-refractivity contribution in [2.75, 3.05) is 19.6 Å². The van der Waals surface area contributed by atoms with E-state index in [-0.39, 0.29) is 18.2 Å². The van der Waals surface area contributed by atoms with Gasteiger partial charge in [0.2, 0.25) is 0 Å². The molecule has 0 aliphatic carbocycles. The second-order valence-electron chi connectivity index (χ2n) is 8.25. The molecule has 0 spiro atoms. The van der Waals surface area contributed by atoms with E-state index in [4.69, 9.17) is 4.74 Å². The lowest BCUT2D eigenvalue weighted by Crippen LogP contribution is -2.60. The molecule has 0 aromatic heterocycles. The number of nitrogens with zero attached hydrogens (tertiary/aromatic N) is 2. The first-order valence-electron chi connectivity index (χ1n) is 10.6. The van der Waals surface area contributed by atoms with Crippen molar-refractivity contribution in [1.29, 1.82) is 0 Å². The van der Waals surface area contributed by atoms with Gasteiger partial charge in [-0.2, -0.15) is 0 Å². The zero-order chi connectivity index (χ0) is 19.5. The van der Waals surface area contributed by atoms with Gasteiger partial charge in [-0.05, 0) is 16.7 Å². The molecular formula is C26H28N2O. The third-order valence-corrected chi connectivity index (χ3v) is 6.07. The molecule has 2 aliphatic rings. The van der Waals surface area contributed by atoms with Crippen LogP contribution in [0.2, 0.25) is 0 Å². The Morgan fingerprint density at radius 2 is 1.24 bits per heavy atom. The molecule has 148 valence electrons. The Bertz CT molecular complexity index is 898. The average molecular weight is 385 g/mol. The predicted molar refractivity (Wildman–Crippen MR) is 116 cm³/mol. The summed E-state index contributed by atoms with van der Waals surface area (Å²) in [5, 5.41) is 0. The highest BCUT2D eigenvalue weighted by atomic mass is 16.5. The van der Waals surface area contributed by atoms with Gasteiger partial charge >= 0.3 is 0 Å². The molecule has 0 radical (unpaired) electrons. The van der Waals surface area contributed by atoms with Crippen LogP contribution in [-0.4, -0.2) is 41.6 Å². The van der Waals surface area contributed by atoms with Gasteiger partial charge in [0.15, 0.2) is 0 Å². The molecule has 3 nitrogen and oxygen atoms in total. The number of hydrogen-bond acceptors (Lipinski definition) is 3. The van der Waals surface area contributed by atoms with Gasteiger partial charge < -0.3 is 4.74 Å². The second kappa shape index (κ2) is 8.50. The predicted octanol–water partition coefficient (Wildman–Crippen LogP) is 4.51. The fraction of sp³-hybridized carbons (Fsp3) is 0.308. The number of hydrogen-bond donors (Lipinski definition) is 0. The average Bonchev–Trinajstić information content (AvgIpc) is 2.76. The molecule has 3 aromatic carbocycles. The van der Waals surface area contributed by atoms with Crippen LogP contribution in [0, 0.1) is 0 Å². The van der Waals surface area contributed by atoms with E-state index in [9.17, 15) is 0 Å². The summed E-state index contributed by atoms with van der Waals surface area (Å²) >= 11 is 0. The summed E-state index contributed by atoms with van der Waals surface area (Å²) in [5.41, 5.74) is 4.10. The number of morpholine rings is 2. The third kappa shape index (κ3) is 4.27. The highest BCUT2D eigenvalue weighted by molar-refractivity contribution is 5.23. The van der Waals surface area contributed by atoms with E-state index in [1.165, 1.54) is 16.7 Å². The van der Waals surface area contributed by atoms with Gasteiger partial charge in [0.1, 0.15) is 0 Å². The molecule has 29 heavy (non-hydrogen) atoms. The van der Waals surface area contributed by atoms with Crippen LogP contribution in [0.5, 0.6) is 0 Å². The molecule has 3 heteroatoms. The van der Waals surface area contributed by atoms with E-state index in [0.717, 1.165) is 32.7 Å². The van der Waals surface area contributed by atoms with Crippen LogP contribution in [0.15, 0.2) is 91.0 Å². The summed E-state index contributed by atoms with van der Waals surface area (Å²) in [5.74, 6) is 0. The maximum atomic E-state index is 6.54. The van der Waals surface area contributed by atoms with Crippen LogP contribution in [0.3, 0.4) is 0 Å². The molecule has 0 amide bonds. The van der Waals surface area contributed by atoms with E-state index < -0.39 is 0 Å². The van der Waals surface area contributed by atoms with Gasteiger partial charge in [-0.15, -0.1) is 0 Å². The maximum absolute atomic E-state index is 6.54. The Morgan fingerprint density at radius 3 is 1.90 bits per heavy atom. The molecule has 2 heterocycles. The Kier molecular flexibility index (Phi) is 5.44. The normalized spacial score (nSPS) is 25.0. The number of fused-ring (bicyclic) bond motifs is 2. The standard InChI is InChI=1S/C26H28N2O/c1-4-10-21(11-5-1)16-27-18-24-19-28(17-22-12-6-2-7-13-22)26(25(20-27)29-24)23-14-8-3-9-15-23/h1-15,24-26H,16-20H2/t24?,25-,26-/m0/s1. The van der Waals surface area contributed by atoms with Gasteiger partial charge in [0.05, 0.1) is 18.2 Å². The zero-order valence-electron chi connectivity index (χ0n) is 16.7. The van der Waals surface area contributed by atoms with Gasteiger partial charge in [0.25, 0.3) is 0 Å². The van der Waals surface area contributed by atoms with Gasteiger partial charge in [0, 0.05) is 32.7 Å². The van der Waals surface area contributed by atoms with Crippen molar-refractivity contribution >= 4 is 0 Å². The molecule has 0 N–H and O–H groups in total. The number of benzene rings is 3. The van der Waals surface area contributed by atoms with Crippen LogP contribution in [0.25, 0.3) is 0 Å². The Balaban J connectivity index is 1.39. The van der Waals surface area contributed by atoms with Crippen molar-refractivity contribution in [3.63, 3.8) is 0 Å².